The second kappa shape index (κ2) is 3.70. The van der Waals surface area contributed by atoms with Gasteiger partial charge in [0.15, 0.2) is 0 Å². The zero-order chi connectivity index (χ0) is 13.1. The minimum atomic E-state index is -0.871. The third-order valence-electron chi connectivity index (χ3n) is 4.81. The summed E-state index contributed by atoms with van der Waals surface area (Å²) in [6.07, 6.45) is 3.41. The van der Waals surface area contributed by atoms with E-state index >= 15 is 0 Å². The summed E-state index contributed by atoms with van der Waals surface area (Å²) in [4.78, 5) is 23.2. The van der Waals surface area contributed by atoms with Gasteiger partial charge in [-0.2, -0.15) is 0 Å². The summed E-state index contributed by atoms with van der Waals surface area (Å²) in [5.74, 6) is -1.93. The second-order valence-corrected chi connectivity index (χ2v) is 6.34. The maximum absolute atomic E-state index is 12.1. The molecular weight excluding hydrogens is 234 g/mol. The van der Waals surface area contributed by atoms with Gasteiger partial charge in [0.1, 0.15) is 0 Å². The number of fused-ring (bicyclic) bond motifs is 2. The number of carbonyl (C=O) groups is 2. The molecule has 2 saturated heterocycles. The van der Waals surface area contributed by atoms with Crippen molar-refractivity contribution < 1.29 is 19.4 Å². The summed E-state index contributed by atoms with van der Waals surface area (Å²) in [5.41, 5.74) is -0.422. The minimum Gasteiger partial charge on any atom is -0.481 e. The van der Waals surface area contributed by atoms with Crippen molar-refractivity contribution >= 4 is 11.9 Å². The highest BCUT2D eigenvalue weighted by Crippen LogP contribution is 2.58. The second-order valence-electron chi connectivity index (χ2n) is 6.34. The van der Waals surface area contributed by atoms with Crippen molar-refractivity contribution in [1.29, 1.82) is 0 Å². The van der Waals surface area contributed by atoms with Crippen LogP contribution >= 0.6 is 0 Å². The lowest BCUT2D eigenvalue weighted by atomic mass is 9.95. The molecular formula is C13H19NO4. The number of hydrogen-bond donors (Lipinski definition) is 2. The van der Waals surface area contributed by atoms with Gasteiger partial charge in [0.25, 0.3) is 0 Å². The number of ether oxygens (including phenoxy) is 1. The zero-order valence-corrected chi connectivity index (χ0v) is 10.7. The quantitative estimate of drug-likeness (QED) is 0.779. The van der Waals surface area contributed by atoms with Gasteiger partial charge < -0.3 is 15.2 Å². The summed E-state index contributed by atoms with van der Waals surface area (Å²) in [6.45, 7) is 3.68. The standard InChI is InChI=1S/C13H19NO4/c1-13(2)9(10(13)12(16)17)11(15)14-7-5-6-3-4-8(7)18-6/h6-10H,3-5H2,1-2H3,(H,14,15)(H,16,17). The van der Waals surface area contributed by atoms with Crippen LogP contribution in [0.1, 0.15) is 33.1 Å². The van der Waals surface area contributed by atoms with Crippen LogP contribution in [0.25, 0.3) is 0 Å². The topological polar surface area (TPSA) is 75.6 Å². The zero-order valence-electron chi connectivity index (χ0n) is 10.7. The van der Waals surface area contributed by atoms with E-state index in [4.69, 9.17) is 9.84 Å². The maximum Gasteiger partial charge on any atom is 0.307 e. The molecule has 2 N–H and O–H groups in total. The Kier molecular flexibility index (Phi) is 2.46. The third-order valence-corrected chi connectivity index (χ3v) is 4.81. The summed E-state index contributed by atoms with van der Waals surface area (Å²) < 4.78 is 5.68. The Balaban J connectivity index is 1.61. The van der Waals surface area contributed by atoms with Crippen molar-refractivity contribution in [3.63, 3.8) is 0 Å². The Morgan fingerprint density at radius 1 is 1.28 bits per heavy atom. The fourth-order valence-electron chi connectivity index (χ4n) is 3.65. The highest BCUT2D eigenvalue weighted by atomic mass is 16.5. The molecule has 2 heterocycles. The van der Waals surface area contributed by atoms with Gasteiger partial charge in [0, 0.05) is 0 Å². The average Bonchev–Trinajstić information content (AvgIpc) is 2.67. The van der Waals surface area contributed by atoms with Crippen LogP contribution in [0.15, 0.2) is 0 Å². The van der Waals surface area contributed by atoms with Crippen LogP contribution in [0, 0.1) is 17.3 Å². The van der Waals surface area contributed by atoms with E-state index in [1.54, 1.807) is 0 Å². The molecule has 1 saturated carbocycles. The van der Waals surface area contributed by atoms with Gasteiger partial charge in [-0.1, -0.05) is 13.8 Å². The molecule has 2 bridgehead atoms. The Labute approximate surface area is 106 Å². The molecule has 5 nitrogen and oxygen atoms in total. The van der Waals surface area contributed by atoms with E-state index in [9.17, 15) is 9.59 Å². The molecule has 0 spiro atoms. The van der Waals surface area contributed by atoms with Crippen molar-refractivity contribution in [3.05, 3.63) is 0 Å². The number of hydrogen-bond acceptors (Lipinski definition) is 3. The normalized spacial score (nSPS) is 43.8. The first-order valence-electron chi connectivity index (χ1n) is 6.60. The van der Waals surface area contributed by atoms with Gasteiger partial charge in [-0.25, -0.2) is 0 Å². The van der Waals surface area contributed by atoms with Gasteiger partial charge in [-0.15, -0.1) is 0 Å². The molecule has 3 rings (SSSR count). The first kappa shape index (κ1) is 12.0. The van der Waals surface area contributed by atoms with Gasteiger partial charge in [-0.05, 0) is 24.7 Å². The van der Waals surface area contributed by atoms with Gasteiger partial charge >= 0.3 is 5.97 Å². The summed E-state index contributed by atoms with van der Waals surface area (Å²) >= 11 is 0. The summed E-state index contributed by atoms with van der Waals surface area (Å²) in [7, 11) is 0. The first-order chi connectivity index (χ1) is 8.41. The van der Waals surface area contributed by atoms with E-state index in [1.807, 2.05) is 13.8 Å². The average molecular weight is 253 g/mol. The SMILES string of the molecule is CC1(C)C(C(=O)O)C1C(=O)NC1CC2CCC1O2. The summed E-state index contributed by atoms with van der Waals surface area (Å²) in [6, 6.07) is 0.0853. The predicted molar refractivity (Wildman–Crippen MR) is 62.8 cm³/mol. The van der Waals surface area contributed by atoms with E-state index in [2.05, 4.69) is 5.32 Å². The van der Waals surface area contributed by atoms with Gasteiger partial charge in [-0.3, -0.25) is 9.59 Å². The molecule has 5 unspecified atom stereocenters. The van der Waals surface area contributed by atoms with Crippen LogP contribution in [-0.4, -0.2) is 35.2 Å². The van der Waals surface area contributed by atoms with Gasteiger partial charge in [0.2, 0.25) is 5.91 Å². The van der Waals surface area contributed by atoms with E-state index in [0.717, 1.165) is 19.3 Å². The Bertz CT molecular complexity index is 406. The third kappa shape index (κ3) is 1.64. The molecule has 1 amide bonds. The fourth-order valence-corrected chi connectivity index (χ4v) is 3.65. The molecule has 2 aliphatic heterocycles. The highest BCUT2D eigenvalue weighted by Gasteiger charge is 2.66. The number of carbonyl (C=O) groups excluding carboxylic acids is 1. The minimum absolute atomic E-state index is 0.0853. The van der Waals surface area contributed by atoms with Crippen LogP contribution in [0.5, 0.6) is 0 Å². The molecule has 100 valence electrons. The molecule has 0 radical (unpaired) electrons. The molecule has 3 aliphatic rings. The lowest BCUT2D eigenvalue weighted by Gasteiger charge is -2.20. The molecule has 18 heavy (non-hydrogen) atoms. The van der Waals surface area contributed by atoms with Gasteiger partial charge in [0.05, 0.1) is 30.1 Å². The van der Waals surface area contributed by atoms with Crippen molar-refractivity contribution in [2.45, 2.75) is 51.4 Å². The van der Waals surface area contributed by atoms with Crippen LogP contribution < -0.4 is 5.32 Å². The predicted octanol–water partition coefficient (Wildman–Crippen LogP) is 0.779. The molecule has 3 fully saturated rings. The van der Waals surface area contributed by atoms with Crippen LogP contribution in [0.4, 0.5) is 0 Å². The number of nitrogens with one attached hydrogen (secondary N) is 1. The Hall–Kier alpha value is -1.10. The van der Waals surface area contributed by atoms with Crippen LogP contribution in [0.2, 0.25) is 0 Å². The molecule has 0 aromatic rings. The lowest BCUT2D eigenvalue weighted by Crippen LogP contribution is -2.42. The molecule has 5 atom stereocenters. The number of aliphatic carboxylic acids is 1. The number of rotatable bonds is 3. The monoisotopic (exact) mass is 253 g/mol. The number of amides is 1. The van der Waals surface area contributed by atoms with Crippen LogP contribution in [0.3, 0.4) is 0 Å². The molecule has 0 aromatic heterocycles. The van der Waals surface area contributed by atoms with E-state index in [-0.39, 0.29) is 18.1 Å². The Morgan fingerprint density at radius 2 is 2.00 bits per heavy atom. The largest absolute Gasteiger partial charge is 0.481 e. The lowest BCUT2D eigenvalue weighted by molar-refractivity contribution is -0.140. The summed E-state index contributed by atoms with van der Waals surface area (Å²) in [5, 5.41) is 12.1. The first-order valence-corrected chi connectivity index (χ1v) is 6.60. The maximum atomic E-state index is 12.1. The number of carboxylic acids is 1. The van der Waals surface area contributed by atoms with Crippen LogP contribution in [-0.2, 0) is 14.3 Å². The van der Waals surface area contributed by atoms with E-state index in [0.29, 0.717) is 6.10 Å². The van der Waals surface area contributed by atoms with Crippen molar-refractivity contribution in [1.82, 2.24) is 5.32 Å². The molecule has 0 aromatic carbocycles. The Morgan fingerprint density at radius 3 is 2.44 bits per heavy atom. The molecule has 5 heteroatoms. The molecule has 1 aliphatic carbocycles. The fraction of sp³-hybridized carbons (Fsp3) is 0.846. The van der Waals surface area contributed by atoms with Crippen molar-refractivity contribution in [2.75, 3.05) is 0 Å². The van der Waals surface area contributed by atoms with Crippen molar-refractivity contribution in [2.24, 2.45) is 17.3 Å². The number of carboxylic acid groups (broad SMARTS) is 1. The van der Waals surface area contributed by atoms with E-state index < -0.39 is 23.2 Å². The smallest absolute Gasteiger partial charge is 0.307 e. The van der Waals surface area contributed by atoms with E-state index in [1.165, 1.54) is 0 Å². The van der Waals surface area contributed by atoms with Crippen molar-refractivity contribution in [3.8, 4) is 0 Å². The highest BCUT2D eigenvalue weighted by molar-refractivity contribution is 5.91.